The van der Waals surface area contributed by atoms with E-state index in [9.17, 15) is 27.6 Å². The van der Waals surface area contributed by atoms with Crippen LogP contribution < -0.4 is 10.6 Å². The Balaban J connectivity index is 1.54. The van der Waals surface area contributed by atoms with Gasteiger partial charge in [0.05, 0.1) is 5.92 Å². The molecule has 2 N–H and O–H groups in total. The second-order valence-electron chi connectivity index (χ2n) is 7.89. The molecule has 6 nitrogen and oxygen atoms in total. The minimum Gasteiger partial charge on any atom is -0.353 e. The number of nitrogens with one attached hydrogen (secondary N) is 2. The molecule has 152 valence electrons. The first-order valence-electron chi connectivity index (χ1n) is 9.73. The van der Waals surface area contributed by atoms with Gasteiger partial charge in [0.1, 0.15) is 5.54 Å². The molecule has 1 saturated heterocycles. The van der Waals surface area contributed by atoms with Crippen LogP contribution in [-0.4, -0.2) is 47.0 Å². The van der Waals surface area contributed by atoms with Gasteiger partial charge in [0.2, 0.25) is 5.91 Å². The molecule has 3 fully saturated rings. The average Bonchev–Trinajstić information content (AvgIpc) is 2.83. The summed E-state index contributed by atoms with van der Waals surface area (Å²) in [5.74, 6) is -2.40. The van der Waals surface area contributed by atoms with E-state index < -0.39 is 35.6 Å². The smallest absolute Gasteiger partial charge is 0.353 e. The predicted molar refractivity (Wildman–Crippen MR) is 90.6 cm³/mol. The molecular formula is C18H26F3N3O3. The number of hydrogen-bond donors (Lipinski definition) is 2. The summed E-state index contributed by atoms with van der Waals surface area (Å²) < 4.78 is 39.4. The lowest BCUT2D eigenvalue weighted by Gasteiger charge is -2.33. The van der Waals surface area contributed by atoms with Crippen LogP contribution in [-0.2, 0) is 9.59 Å². The number of alkyl halides is 3. The Morgan fingerprint density at radius 2 is 1.78 bits per heavy atom. The molecule has 0 aromatic heterocycles. The first-order valence-corrected chi connectivity index (χ1v) is 9.73. The van der Waals surface area contributed by atoms with Crippen LogP contribution in [0.1, 0.15) is 64.2 Å². The monoisotopic (exact) mass is 389 g/mol. The average molecular weight is 389 g/mol. The maximum absolute atomic E-state index is 13.1. The first-order chi connectivity index (χ1) is 12.7. The number of halogens is 3. The lowest BCUT2D eigenvalue weighted by atomic mass is 9.82. The molecule has 0 bridgehead atoms. The molecule has 2 atom stereocenters. The van der Waals surface area contributed by atoms with Crippen molar-refractivity contribution in [2.24, 2.45) is 5.92 Å². The van der Waals surface area contributed by atoms with Crippen molar-refractivity contribution in [3.63, 3.8) is 0 Å². The van der Waals surface area contributed by atoms with Crippen molar-refractivity contribution in [2.45, 2.75) is 82.0 Å². The Hall–Kier alpha value is -1.80. The highest BCUT2D eigenvalue weighted by molar-refractivity contribution is 6.07. The fourth-order valence-corrected chi connectivity index (χ4v) is 4.56. The number of amides is 4. The van der Waals surface area contributed by atoms with Gasteiger partial charge < -0.3 is 10.6 Å². The Bertz CT molecular complexity index is 602. The predicted octanol–water partition coefficient (Wildman–Crippen LogP) is 2.87. The molecule has 4 amide bonds. The van der Waals surface area contributed by atoms with E-state index in [-0.39, 0.29) is 25.3 Å². The molecule has 1 aliphatic heterocycles. The Morgan fingerprint density at radius 1 is 1.11 bits per heavy atom. The molecule has 0 aromatic rings. The van der Waals surface area contributed by atoms with E-state index in [1.807, 2.05) is 0 Å². The van der Waals surface area contributed by atoms with E-state index in [0.717, 1.165) is 24.2 Å². The zero-order valence-electron chi connectivity index (χ0n) is 15.2. The van der Waals surface area contributed by atoms with E-state index >= 15 is 0 Å². The molecule has 2 unspecified atom stereocenters. The number of imide groups is 1. The summed E-state index contributed by atoms with van der Waals surface area (Å²) in [6, 6.07) is -1.44. The van der Waals surface area contributed by atoms with Crippen LogP contribution in [0, 0.1) is 5.92 Å². The van der Waals surface area contributed by atoms with Crippen LogP contribution in [0.2, 0.25) is 0 Å². The number of nitrogens with zero attached hydrogens (tertiary/aromatic N) is 1. The van der Waals surface area contributed by atoms with Gasteiger partial charge in [-0.3, -0.25) is 14.5 Å². The van der Waals surface area contributed by atoms with Gasteiger partial charge >= 0.3 is 12.2 Å². The third kappa shape index (κ3) is 4.21. The van der Waals surface area contributed by atoms with Gasteiger partial charge in [-0.25, -0.2) is 4.79 Å². The van der Waals surface area contributed by atoms with Gasteiger partial charge in [0.15, 0.2) is 0 Å². The SMILES string of the molecule is O=C(CCN1C(=O)NC2(CCCCC2)C1=O)NC1CCCCC1C(F)(F)F. The van der Waals surface area contributed by atoms with Crippen LogP contribution in [0.3, 0.4) is 0 Å². The van der Waals surface area contributed by atoms with E-state index in [0.29, 0.717) is 32.1 Å². The zero-order valence-corrected chi connectivity index (χ0v) is 15.2. The lowest BCUT2D eigenvalue weighted by molar-refractivity contribution is -0.189. The Kier molecular flexibility index (Phi) is 5.67. The quantitative estimate of drug-likeness (QED) is 0.726. The molecule has 9 heteroatoms. The molecule has 0 radical (unpaired) electrons. The van der Waals surface area contributed by atoms with Crippen molar-refractivity contribution in [1.82, 2.24) is 15.5 Å². The van der Waals surface area contributed by atoms with Crippen molar-refractivity contribution in [1.29, 1.82) is 0 Å². The second kappa shape index (κ2) is 7.67. The van der Waals surface area contributed by atoms with Crippen LogP contribution in [0.5, 0.6) is 0 Å². The number of rotatable bonds is 4. The third-order valence-corrected chi connectivity index (χ3v) is 6.05. The molecule has 0 aromatic carbocycles. The van der Waals surface area contributed by atoms with Crippen LogP contribution in [0.4, 0.5) is 18.0 Å². The number of urea groups is 1. The van der Waals surface area contributed by atoms with Gasteiger partial charge in [-0.15, -0.1) is 0 Å². The zero-order chi connectivity index (χ0) is 19.7. The van der Waals surface area contributed by atoms with Crippen LogP contribution in [0.15, 0.2) is 0 Å². The second-order valence-corrected chi connectivity index (χ2v) is 7.89. The van der Waals surface area contributed by atoms with Crippen LogP contribution in [0.25, 0.3) is 0 Å². The summed E-state index contributed by atoms with van der Waals surface area (Å²) in [5, 5.41) is 5.23. The summed E-state index contributed by atoms with van der Waals surface area (Å²) in [4.78, 5) is 38.0. The van der Waals surface area contributed by atoms with Crippen molar-refractivity contribution in [2.75, 3.05) is 6.54 Å². The minimum absolute atomic E-state index is 0.0178. The topological polar surface area (TPSA) is 78.5 Å². The van der Waals surface area contributed by atoms with Gasteiger partial charge in [0.25, 0.3) is 5.91 Å². The van der Waals surface area contributed by atoms with Crippen molar-refractivity contribution < 1.29 is 27.6 Å². The van der Waals surface area contributed by atoms with Gasteiger partial charge in [0, 0.05) is 19.0 Å². The van der Waals surface area contributed by atoms with E-state index in [1.165, 1.54) is 0 Å². The number of hydrogen-bond acceptors (Lipinski definition) is 3. The van der Waals surface area contributed by atoms with Gasteiger partial charge in [-0.2, -0.15) is 13.2 Å². The summed E-state index contributed by atoms with van der Waals surface area (Å²) in [5.41, 5.74) is -0.851. The van der Waals surface area contributed by atoms with E-state index in [1.54, 1.807) is 0 Å². The standard InChI is InChI=1S/C18H26F3N3O3/c19-18(20,21)12-6-2-3-7-13(12)22-14(25)8-11-24-15(26)17(23-16(24)27)9-4-1-5-10-17/h12-13H,1-11H2,(H,22,25)(H,23,27). The summed E-state index contributed by atoms with van der Waals surface area (Å²) in [7, 11) is 0. The molecule has 2 saturated carbocycles. The van der Waals surface area contributed by atoms with Gasteiger partial charge in [-0.05, 0) is 25.7 Å². The first kappa shape index (κ1) is 19.9. The highest BCUT2D eigenvalue weighted by Gasteiger charge is 2.51. The number of carbonyl (C=O) groups is 3. The van der Waals surface area contributed by atoms with Crippen LogP contribution >= 0.6 is 0 Å². The molecule has 1 heterocycles. The van der Waals surface area contributed by atoms with E-state index in [2.05, 4.69) is 10.6 Å². The fraction of sp³-hybridized carbons (Fsp3) is 0.833. The maximum Gasteiger partial charge on any atom is 0.393 e. The van der Waals surface area contributed by atoms with E-state index in [4.69, 9.17) is 0 Å². The molecule has 3 rings (SSSR count). The largest absolute Gasteiger partial charge is 0.393 e. The normalized spacial score (nSPS) is 28.3. The maximum atomic E-state index is 13.1. The summed E-state index contributed by atoms with van der Waals surface area (Å²) in [6.45, 7) is -0.109. The summed E-state index contributed by atoms with van der Waals surface area (Å²) >= 11 is 0. The van der Waals surface area contributed by atoms with Crippen molar-refractivity contribution in [3.05, 3.63) is 0 Å². The van der Waals surface area contributed by atoms with Gasteiger partial charge in [-0.1, -0.05) is 32.1 Å². The molecule has 27 heavy (non-hydrogen) atoms. The molecule has 1 spiro atoms. The Morgan fingerprint density at radius 3 is 2.44 bits per heavy atom. The summed E-state index contributed by atoms with van der Waals surface area (Å²) in [6.07, 6.45) is 0.870. The molecular weight excluding hydrogens is 363 g/mol. The highest BCUT2D eigenvalue weighted by Crippen LogP contribution is 2.38. The molecule has 2 aliphatic carbocycles. The lowest BCUT2D eigenvalue weighted by Crippen LogP contribution is -2.49. The third-order valence-electron chi connectivity index (χ3n) is 6.05. The highest BCUT2D eigenvalue weighted by atomic mass is 19.4. The molecule has 3 aliphatic rings. The van der Waals surface area contributed by atoms with Crippen molar-refractivity contribution >= 4 is 17.8 Å². The number of carbonyl (C=O) groups excluding carboxylic acids is 3. The van der Waals surface area contributed by atoms with Crippen molar-refractivity contribution in [3.8, 4) is 0 Å². The Labute approximate surface area is 156 Å². The fourth-order valence-electron chi connectivity index (χ4n) is 4.56. The minimum atomic E-state index is -4.34.